The molecule has 1 aliphatic carbocycles. The van der Waals surface area contributed by atoms with Crippen LogP contribution in [0.25, 0.3) is 0 Å². The van der Waals surface area contributed by atoms with Crippen LogP contribution < -0.4 is 5.32 Å². The van der Waals surface area contributed by atoms with Crippen LogP contribution in [0.1, 0.15) is 46.7 Å². The molecule has 0 spiro atoms. The van der Waals surface area contributed by atoms with Gasteiger partial charge in [0.2, 0.25) is 5.82 Å². The van der Waals surface area contributed by atoms with Gasteiger partial charge in [-0.25, -0.2) is 14.4 Å². The summed E-state index contributed by atoms with van der Waals surface area (Å²) in [5.41, 5.74) is -2.15. The third-order valence-electron chi connectivity index (χ3n) is 6.09. The molecule has 2 aliphatic heterocycles. The van der Waals surface area contributed by atoms with E-state index in [2.05, 4.69) is 20.4 Å². The molecule has 2 aromatic rings. The topological polar surface area (TPSA) is 79.7 Å². The number of nitrogens with one attached hydrogen (secondary N) is 1. The second-order valence-corrected chi connectivity index (χ2v) is 9.34. The molecule has 13 heteroatoms. The van der Waals surface area contributed by atoms with E-state index < -0.39 is 45.5 Å². The number of amides is 1. The molecular formula is C21H17Cl2F4N5O2. The minimum atomic E-state index is -4.90. The molecule has 1 unspecified atom stereocenters. The Morgan fingerprint density at radius 2 is 1.94 bits per heavy atom. The highest BCUT2D eigenvalue weighted by molar-refractivity contribution is 6.35. The molecule has 1 aromatic heterocycles. The number of nitrogens with zero attached hydrogens (tertiary/aromatic N) is 4. The average Bonchev–Trinajstić information content (AvgIpc) is 3.32. The van der Waals surface area contributed by atoms with E-state index in [-0.39, 0.29) is 24.7 Å². The lowest BCUT2D eigenvalue weighted by molar-refractivity contribution is -0.275. The lowest BCUT2D eigenvalue weighted by Crippen LogP contribution is -2.44. The lowest BCUT2D eigenvalue weighted by Gasteiger charge is -2.30. The fourth-order valence-electron chi connectivity index (χ4n) is 3.93. The van der Waals surface area contributed by atoms with Crippen LogP contribution in [-0.4, -0.2) is 39.3 Å². The van der Waals surface area contributed by atoms with Gasteiger partial charge in [0.05, 0.1) is 28.7 Å². The van der Waals surface area contributed by atoms with Crippen LogP contribution in [0.3, 0.4) is 0 Å². The van der Waals surface area contributed by atoms with Crippen molar-refractivity contribution in [3.8, 4) is 0 Å². The molecule has 1 saturated carbocycles. The number of hydrogen-bond donors (Lipinski definition) is 1. The van der Waals surface area contributed by atoms with E-state index in [0.717, 1.165) is 25.0 Å². The molecule has 3 aliphatic rings. The predicted molar refractivity (Wildman–Crippen MR) is 114 cm³/mol. The van der Waals surface area contributed by atoms with Crippen molar-refractivity contribution in [3.63, 3.8) is 0 Å². The molecule has 1 atom stereocenters. The van der Waals surface area contributed by atoms with Gasteiger partial charge in [0.1, 0.15) is 5.84 Å². The maximum absolute atomic E-state index is 14.2. The van der Waals surface area contributed by atoms with Crippen molar-refractivity contribution in [2.45, 2.75) is 44.1 Å². The van der Waals surface area contributed by atoms with Crippen molar-refractivity contribution in [1.82, 2.24) is 20.2 Å². The van der Waals surface area contributed by atoms with E-state index in [0.29, 0.717) is 23.7 Å². The first-order valence-electron chi connectivity index (χ1n) is 10.4. The number of halogens is 6. The van der Waals surface area contributed by atoms with E-state index in [9.17, 15) is 22.4 Å². The van der Waals surface area contributed by atoms with Crippen LogP contribution in [0.5, 0.6) is 0 Å². The first-order valence-corrected chi connectivity index (χ1v) is 11.2. The molecule has 1 amide bonds. The second kappa shape index (κ2) is 8.23. The third kappa shape index (κ3) is 4.04. The molecule has 5 rings (SSSR count). The molecule has 180 valence electrons. The van der Waals surface area contributed by atoms with Crippen molar-refractivity contribution in [2.24, 2.45) is 11.1 Å². The van der Waals surface area contributed by atoms with Gasteiger partial charge in [-0.15, -0.1) is 0 Å². The summed E-state index contributed by atoms with van der Waals surface area (Å²) >= 11 is 11.5. The first-order chi connectivity index (χ1) is 16.1. The van der Waals surface area contributed by atoms with Gasteiger partial charge in [0.25, 0.3) is 11.5 Å². The molecule has 1 aromatic carbocycles. The molecule has 3 heterocycles. The second-order valence-electron chi connectivity index (χ2n) is 8.53. The molecule has 0 radical (unpaired) electrons. The Labute approximate surface area is 201 Å². The predicted octanol–water partition coefficient (Wildman–Crippen LogP) is 4.57. The Kier molecular flexibility index (Phi) is 5.59. The zero-order chi connectivity index (χ0) is 24.3. The number of rotatable bonds is 4. The van der Waals surface area contributed by atoms with Crippen LogP contribution in [-0.2, 0) is 23.5 Å². The number of alkyl halides is 3. The smallest absolute Gasteiger partial charge is 0.372 e. The number of oxime groups is 1. The summed E-state index contributed by atoms with van der Waals surface area (Å²) in [4.78, 5) is 27.2. The van der Waals surface area contributed by atoms with Crippen molar-refractivity contribution in [2.75, 3.05) is 6.54 Å². The van der Waals surface area contributed by atoms with Gasteiger partial charge in [0.15, 0.2) is 5.82 Å². The highest BCUT2D eigenvalue weighted by Crippen LogP contribution is 2.50. The van der Waals surface area contributed by atoms with Gasteiger partial charge in [0, 0.05) is 30.4 Å². The molecular weight excluding hydrogens is 501 g/mol. The van der Waals surface area contributed by atoms with E-state index in [4.69, 9.17) is 28.0 Å². The largest absolute Gasteiger partial charge is 0.435 e. The fourth-order valence-corrected chi connectivity index (χ4v) is 4.42. The zero-order valence-electron chi connectivity index (χ0n) is 17.4. The van der Waals surface area contributed by atoms with Crippen molar-refractivity contribution >= 4 is 34.9 Å². The first kappa shape index (κ1) is 23.1. The van der Waals surface area contributed by atoms with Crippen molar-refractivity contribution in [3.05, 3.63) is 56.8 Å². The lowest BCUT2D eigenvalue weighted by atomic mass is 9.89. The number of aromatic nitrogens is 2. The quantitative estimate of drug-likeness (QED) is 0.474. The van der Waals surface area contributed by atoms with Crippen LogP contribution >= 0.6 is 23.2 Å². The number of fused-ring (bicyclic) bond motifs is 1. The van der Waals surface area contributed by atoms with Crippen LogP contribution in [0.4, 0.5) is 17.6 Å². The Morgan fingerprint density at radius 3 is 2.59 bits per heavy atom. The summed E-state index contributed by atoms with van der Waals surface area (Å²) < 4.78 is 56.4. The minimum absolute atomic E-state index is 0.00564. The summed E-state index contributed by atoms with van der Waals surface area (Å²) in [6, 6.07) is 1.68. The Hall–Kier alpha value is -2.66. The van der Waals surface area contributed by atoms with E-state index in [1.165, 1.54) is 6.20 Å². The van der Waals surface area contributed by atoms with Gasteiger partial charge < -0.3 is 15.1 Å². The van der Waals surface area contributed by atoms with E-state index >= 15 is 0 Å². The number of carbonyl (C=O) groups is 1. The number of hydrogen-bond acceptors (Lipinski definition) is 6. The third-order valence-corrected chi connectivity index (χ3v) is 6.64. The van der Waals surface area contributed by atoms with Crippen LogP contribution in [0, 0.1) is 11.7 Å². The zero-order valence-corrected chi connectivity index (χ0v) is 18.9. The minimum Gasteiger partial charge on any atom is -0.372 e. The van der Waals surface area contributed by atoms with Crippen LogP contribution in [0.2, 0.25) is 10.0 Å². The fraction of sp³-hybridized carbons (Fsp3) is 0.429. The highest BCUT2D eigenvalue weighted by Gasteiger charge is 2.63. The van der Waals surface area contributed by atoms with Crippen LogP contribution in [0.15, 0.2) is 23.5 Å². The molecule has 0 bridgehead atoms. The molecule has 0 saturated heterocycles. The molecule has 34 heavy (non-hydrogen) atoms. The van der Waals surface area contributed by atoms with E-state index in [1.54, 1.807) is 4.90 Å². The summed E-state index contributed by atoms with van der Waals surface area (Å²) in [6.07, 6.45) is -1.92. The Bertz CT molecular complexity index is 1180. The van der Waals surface area contributed by atoms with Gasteiger partial charge in [-0.05, 0) is 30.9 Å². The van der Waals surface area contributed by atoms with Crippen molar-refractivity contribution < 1.29 is 27.2 Å². The summed E-state index contributed by atoms with van der Waals surface area (Å²) in [7, 11) is 0. The average molecular weight is 518 g/mol. The van der Waals surface area contributed by atoms with Gasteiger partial charge >= 0.3 is 6.18 Å². The number of amidine groups is 1. The highest BCUT2D eigenvalue weighted by atomic mass is 35.5. The maximum Gasteiger partial charge on any atom is 0.435 e. The number of benzene rings is 1. The molecule has 7 nitrogen and oxygen atoms in total. The standard InChI is InChI=1S/C21H17Cl2F4N5O2/c22-13-3-12(4-14(23)17(13)24)20(21(25,26)27)5-16(31-34-20)32-8-11-7-28-18(30-15(11)9-32)19(33)29-6-10-1-2-10/h3-4,7,10H,1-2,5-6,8-9H2,(H,29,33). The van der Waals surface area contributed by atoms with Crippen molar-refractivity contribution in [1.29, 1.82) is 0 Å². The van der Waals surface area contributed by atoms with Gasteiger partial charge in [-0.3, -0.25) is 4.79 Å². The number of carbonyl (C=O) groups excluding carboxylic acids is 1. The summed E-state index contributed by atoms with van der Waals surface area (Å²) in [6.45, 7) is 0.888. The monoisotopic (exact) mass is 517 g/mol. The molecule has 1 fully saturated rings. The maximum atomic E-state index is 14.2. The molecule has 1 N–H and O–H groups in total. The normalized spacial score (nSPS) is 21.8. The van der Waals surface area contributed by atoms with Gasteiger partial charge in [-0.2, -0.15) is 13.2 Å². The SMILES string of the molecule is O=C(NCC1CC1)c1ncc2c(n1)CN(C1=NOC(c3cc(Cl)c(F)c(Cl)c3)(C(F)(F)F)C1)C2. The summed E-state index contributed by atoms with van der Waals surface area (Å²) in [5.74, 6) is -0.892. The Morgan fingerprint density at radius 1 is 1.24 bits per heavy atom. The summed E-state index contributed by atoms with van der Waals surface area (Å²) in [5, 5.41) is 5.38. The van der Waals surface area contributed by atoms with E-state index in [1.807, 2.05) is 0 Å². The Balaban J connectivity index is 1.35. The van der Waals surface area contributed by atoms with Gasteiger partial charge in [-0.1, -0.05) is 28.4 Å².